The minimum atomic E-state index is -0.361. The van der Waals surface area contributed by atoms with E-state index in [-0.39, 0.29) is 11.6 Å². The topological polar surface area (TPSA) is 67.3 Å². The van der Waals surface area contributed by atoms with Gasteiger partial charge in [-0.15, -0.1) is 0 Å². The Morgan fingerprint density at radius 3 is 2.61 bits per heavy atom. The van der Waals surface area contributed by atoms with E-state index < -0.39 is 0 Å². The standard InChI is InChI=1S/C21H21ClN4O2/c1-14-23-18(21(27)25-17-11-16(22)9-10-19(17)28-3)12-20(24-14)26(2)13-15-7-5-4-6-8-15/h4-12H,13H2,1-3H3,(H,25,27). The molecule has 6 nitrogen and oxygen atoms in total. The number of rotatable bonds is 6. The van der Waals surface area contributed by atoms with Crippen molar-refractivity contribution in [2.45, 2.75) is 13.5 Å². The summed E-state index contributed by atoms with van der Waals surface area (Å²) in [7, 11) is 3.46. The van der Waals surface area contributed by atoms with Crippen molar-refractivity contribution >= 4 is 29.0 Å². The van der Waals surface area contributed by atoms with Crippen LogP contribution in [-0.2, 0) is 6.54 Å². The van der Waals surface area contributed by atoms with E-state index in [2.05, 4.69) is 15.3 Å². The average molecular weight is 397 g/mol. The Labute approximate surface area is 169 Å². The second-order valence-electron chi connectivity index (χ2n) is 6.30. The lowest BCUT2D eigenvalue weighted by Gasteiger charge is -2.19. The molecule has 1 N–H and O–H groups in total. The number of anilines is 2. The summed E-state index contributed by atoms with van der Waals surface area (Å²) in [4.78, 5) is 23.5. The van der Waals surface area contributed by atoms with Gasteiger partial charge in [-0.1, -0.05) is 41.9 Å². The van der Waals surface area contributed by atoms with Crippen LogP contribution in [0.15, 0.2) is 54.6 Å². The molecule has 3 aromatic rings. The van der Waals surface area contributed by atoms with Crippen molar-refractivity contribution < 1.29 is 9.53 Å². The van der Waals surface area contributed by atoms with Crippen LogP contribution in [0.25, 0.3) is 0 Å². The second-order valence-corrected chi connectivity index (χ2v) is 6.74. The Hall–Kier alpha value is -3.12. The number of amides is 1. The number of hydrogen-bond donors (Lipinski definition) is 1. The van der Waals surface area contributed by atoms with E-state index in [1.165, 1.54) is 7.11 Å². The molecule has 2 aromatic carbocycles. The number of nitrogens with zero attached hydrogens (tertiary/aromatic N) is 3. The number of benzene rings is 2. The van der Waals surface area contributed by atoms with Crippen LogP contribution < -0.4 is 15.0 Å². The lowest BCUT2D eigenvalue weighted by atomic mass is 10.2. The number of aromatic nitrogens is 2. The van der Waals surface area contributed by atoms with E-state index in [1.54, 1.807) is 31.2 Å². The minimum absolute atomic E-state index is 0.268. The van der Waals surface area contributed by atoms with Crippen LogP contribution in [0.1, 0.15) is 21.9 Å². The fraction of sp³-hybridized carbons (Fsp3) is 0.190. The first-order valence-corrected chi connectivity index (χ1v) is 9.09. The Morgan fingerprint density at radius 1 is 1.14 bits per heavy atom. The third-order valence-corrected chi connectivity index (χ3v) is 4.36. The highest BCUT2D eigenvalue weighted by Gasteiger charge is 2.15. The number of methoxy groups -OCH3 is 1. The first-order valence-electron chi connectivity index (χ1n) is 8.72. The maximum absolute atomic E-state index is 12.8. The van der Waals surface area contributed by atoms with Crippen LogP contribution in [0.4, 0.5) is 11.5 Å². The molecule has 0 radical (unpaired) electrons. The van der Waals surface area contributed by atoms with E-state index in [0.29, 0.717) is 34.6 Å². The number of nitrogens with one attached hydrogen (secondary N) is 1. The number of aryl methyl sites for hydroxylation is 1. The average Bonchev–Trinajstić information content (AvgIpc) is 2.68. The molecule has 1 amide bonds. The fourth-order valence-electron chi connectivity index (χ4n) is 2.77. The number of halogens is 1. The van der Waals surface area contributed by atoms with E-state index in [0.717, 1.165) is 5.56 Å². The zero-order chi connectivity index (χ0) is 20.1. The van der Waals surface area contributed by atoms with Crippen molar-refractivity contribution in [3.8, 4) is 5.75 Å². The highest BCUT2D eigenvalue weighted by atomic mass is 35.5. The van der Waals surface area contributed by atoms with Gasteiger partial charge in [0.2, 0.25) is 0 Å². The fourth-order valence-corrected chi connectivity index (χ4v) is 2.94. The summed E-state index contributed by atoms with van der Waals surface area (Å²) in [6.45, 7) is 2.43. The number of ether oxygens (including phenoxy) is 1. The van der Waals surface area contributed by atoms with Crippen LogP contribution in [-0.4, -0.2) is 30.0 Å². The molecule has 1 aromatic heterocycles. The molecule has 0 saturated heterocycles. The lowest BCUT2D eigenvalue weighted by molar-refractivity contribution is 0.102. The third kappa shape index (κ3) is 4.78. The van der Waals surface area contributed by atoms with E-state index in [9.17, 15) is 4.79 Å². The van der Waals surface area contributed by atoms with E-state index in [1.807, 2.05) is 42.3 Å². The van der Waals surface area contributed by atoms with E-state index >= 15 is 0 Å². The molecule has 0 bridgehead atoms. The van der Waals surface area contributed by atoms with Crippen LogP contribution >= 0.6 is 11.6 Å². The molecule has 0 fully saturated rings. The Bertz CT molecular complexity index is 979. The molecular weight excluding hydrogens is 376 g/mol. The monoisotopic (exact) mass is 396 g/mol. The molecular formula is C21H21ClN4O2. The minimum Gasteiger partial charge on any atom is -0.495 e. The van der Waals surface area contributed by atoms with Gasteiger partial charge in [-0.25, -0.2) is 9.97 Å². The van der Waals surface area contributed by atoms with E-state index in [4.69, 9.17) is 16.3 Å². The maximum Gasteiger partial charge on any atom is 0.274 e. The largest absolute Gasteiger partial charge is 0.495 e. The SMILES string of the molecule is COc1ccc(Cl)cc1NC(=O)c1cc(N(C)Cc2ccccc2)nc(C)n1. The molecule has 0 aliphatic rings. The number of hydrogen-bond acceptors (Lipinski definition) is 5. The summed E-state index contributed by atoms with van der Waals surface area (Å²) < 4.78 is 5.27. The summed E-state index contributed by atoms with van der Waals surface area (Å²) in [5.41, 5.74) is 1.90. The quantitative estimate of drug-likeness (QED) is 0.671. The molecule has 0 saturated carbocycles. The summed E-state index contributed by atoms with van der Waals surface area (Å²) in [6, 6.07) is 16.7. The summed E-state index contributed by atoms with van der Waals surface area (Å²) in [6.07, 6.45) is 0. The van der Waals surface area contributed by atoms with Crippen molar-refractivity contribution in [3.63, 3.8) is 0 Å². The van der Waals surface area contributed by atoms with Gasteiger partial charge >= 0.3 is 0 Å². The molecule has 144 valence electrons. The van der Waals surface area contributed by atoms with Crippen molar-refractivity contribution in [2.24, 2.45) is 0 Å². The first-order chi connectivity index (χ1) is 13.5. The molecule has 0 atom stereocenters. The zero-order valence-corrected chi connectivity index (χ0v) is 16.7. The normalized spacial score (nSPS) is 10.4. The predicted molar refractivity (Wildman–Crippen MR) is 111 cm³/mol. The van der Waals surface area contributed by atoms with Crippen LogP contribution in [0.3, 0.4) is 0 Å². The summed E-state index contributed by atoms with van der Waals surface area (Å²) >= 11 is 6.03. The molecule has 3 rings (SSSR count). The lowest BCUT2D eigenvalue weighted by Crippen LogP contribution is -2.21. The smallest absolute Gasteiger partial charge is 0.274 e. The summed E-state index contributed by atoms with van der Waals surface area (Å²) in [5.74, 6) is 1.34. The molecule has 28 heavy (non-hydrogen) atoms. The van der Waals surface area contributed by atoms with Crippen LogP contribution in [0.2, 0.25) is 5.02 Å². The van der Waals surface area contributed by atoms with Gasteiger partial charge in [0.25, 0.3) is 5.91 Å². The third-order valence-electron chi connectivity index (χ3n) is 4.12. The number of carbonyl (C=O) groups is 1. The highest BCUT2D eigenvalue weighted by molar-refractivity contribution is 6.31. The number of carbonyl (C=O) groups excluding carboxylic acids is 1. The second kappa shape index (κ2) is 8.71. The van der Waals surface area contributed by atoms with Crippen molar-refractivity contribution in [1.82, 2.24) is 9.97 Å². The van der Waals surface area contributed by atoms with Gasteiger partial charge in [-0.05, 0) is 30.7 Å². The molecule has 7 heteroatoms. The van der Waals surface area contributed by atoms with Crippen LogP contribution in [0, 0.1) is 6.92 Å². The van der Waals surface area contributed by atoms with Gasteiger partial charge in [0.15, 0.2) is 0 Å². The molecule has 0 spiro atoms. The van der Waals surface area contributed by atoms with Crippen molar-refractivity contribution in [2.75, 3.05) is 24.4 Å². The van der Waals surface area contributed by atoms with Gasteiger partial charge in [0, 0.05) is 24.7 Å². The van der Waals surface area contributed by atoms with Crippen molar-refractivity contribution in [3.05, 3.63) is 76.7 Å². The van der Waals surface area contributed by atoms with Gasteiger partial charge in [0.05, 0.1) is 12.8 Å². The van der Waals surface area contributed by atoms with Gasteiger partial charge in [0.1, 0.15) is 23.1 Å². The Balaban J connectivity index is 1.82. The first kappa shape index (κ1) is 19.6. The maximum atomic E-state index is 12.8. The Kier molecular flexibility index (Phi) is 6.11. The van der Waals surface area contributed by atoms with Crippen LogP contribution in [0.5, 0.6) is 5.75 Å². The highest BCUT2D eigenvalue weighted by Crippen LogP contribution is 2.28. The molecule has 0 aliphatic heterocycles. The Morgan fingerprint density at radius 2 is 1.89 bits per heavy atom. The van der Waals surface area contributed by atoms with Crippen molar-refractivity contribution in [1.29, 1.82) is 0 Å². The molecule has 1 heterocycles. The molecule has 0 unspecified atom stereocenters. The van der Waals surface area contributed by atoms with Gasteiger partial charge < -0.3 is 15.0 Å². The van der Waals surface area contributed by atoms with Gasteiger partial charge in [-0.3, -0.25) is 4.79 Å². The molecule has 0 aliphatic carbocycles. The van der Waals surface area contributed by atoms with Gasteiger partial charge in [-0.2, -0.15) is 0 Å². The summed E-state index contributed by atoms with van der Waals surface area (Å²) in [5, 5.41) is 3.30. The zero-order valence-electron chi connectivity index (χ0n) is 15.9. The predicted octanol–water partition coefficient (Wildman–Crippen LogP) is 4.34.